The fourth-order valence-electron chi connectivity index (χ4n) is 2.27. The second kappa shape index (κ2) is 7.39. The molecule has 2 rings (SSSR count). The highest BCUT2D eigenvalue weighted by Crippen LogP contribution is 2.15. The molecule has 8 nitrogen and oxygen atoms in total. The number of hydrogen-bond acceptors (Lipinski definition) is 4. The van der Waals surface area contributed by atoms with Gasteiger partial charge >= 0.3 is 12.0 Å². The highest BCUT2D eigenvalue weighted by Gasteiger charge is 2.28. The molecule has 0 bridgehead atoms. The van der Waals surface area contributed by atoms with Crippen LogP contribution in [0, 0.1) is 0 Å². The van der Waals surface area contributed by atoms with Crippen molar-refractivity contribution in [1.29, 1.82) is 0 Å². The van der Waals surface area contributed by atoms with Crippen molar-refractivity contribution >= 4 is 29.5 Å². The van der Waals surface area contributed by atoms with Gasteiger partial charge in [0.1, 0.15) is 6.54 Å². The van der Waals surface area contributed by atoms with Gasteiger partial charge < -0.3 is 15.3 Å². The predicted octanol–water partition coefficient (Wildman–Crippen LogP) is 0.436. The van der Waals surface area contributed by atoms with E-state index in [4.69, 9.17) is 5.11 Å². The summed E-state index contributed by atoms with van der Waals surface area (Å²) in [4.78, 5) is 48.3. The quantitative estimate of drug-likeness (QED) is 0.709. The average molecular weight is 319 g/mol. The Hall–Kier alpha value is -2.90. The highest BCUT2D eigenvalue weighted by atomic mass is 16.4. The van der Waals surface area contributed by atoms with Crippen LogP contribution in [0.2, 0.25) is 0 Å². The van der Waals surface area contributed by atoms with Crippen molar-refractivity contribution in [3.8, 4) is 0 Å². The molecule has 23 heavy (non-hydrogen) atoms. The third-order valence-corrected chi connectivity index (χ3v) is 3.37. The summed E-state index contributed by atoms with van der Waals surface area (Å²) in [7, 11) is 0. The van der Waals surface area contributed by atoms with Crippen molar-refractivity contribution in [2.75, 3.05) is 24.5 Å². The molecular weight excluding hydrogens is 302 g/mol. The summed E-state index contributed by atoms with van der Waals surface area (Å²) in [5.74, 6) is -1.81. The maximum atomic E-state index is 12.3. The molecule has 1 heterocycles. The number of aliphatic carboxylic acids is 1. The van der Waals surface area contributed by atoms with Crippen LogP contribution >= 0.6 is 0 Å². The van der Waals surface area contributed by atoms with Gasteiger partial charge in [0.05, 0.1) is 6.54 Å². The molecule has 0 aliphatic carbocycles. The van der Waals surface area contributed by atoms with Crippen molar-refractivity contribution in [3.63, 3.8) is 0 Å². The first-order chi connectivity index (χ1) is 11.0. The van der Waals surface area contributed by atoms with Crippen molar-refractivity contribution in [1.82, 2.24) is 10.2 Å². The van der Waals surface area contributed by atoms with Crippen LogP contribution in [0.4, 0.5) is 10.5 Å². The van der Waals surface area contributed by atoms with Gasteiger partial charge in [-0.3, -0.25) is 19.3 Å². The van der Waals surface area contributed by atoms with E-state index in [1.165, 1.54) is 4.90 Å². The van der Waals surface area contributed by atoms with Gasteiger partial charge in [0, 0.05) is 18.7 Å². The van der Waals surface area contributed by atoms with E-state index in [1.807, 2.05) is 0 Å². The van der Waals surface area contributed by atoms with Crippen molar-refractivity contribution < 1.29 is 24.3 Å². The van der Waals surface area contributed by atoms with Gasteiger partial charge in [0.25, 0.3) is 0 Å². The second-order valence-electron chi connectivity index (χ2n) is 5.02. The molecule has 0 radical (unpaired) electrons. The van der Waals surface area contributed by atoms with E-state index in [-0.39, 0.29) is 37.7 Å². The Morgan fingerprint density at radius 3 is 2.48 bits per heavy atom. The van der Waals surface area contributed by atoms with Crippen molar-refractivity contribution in [2.24, 2.45) is 0 Å². The van der Waals surface area contributed by atoms with Crippen LogP contribution in [-0.4, -0.2) is 53.5 Å². The number of hydrogen-bond donors (Lipinski definition) is 2. The first-order valence-electron chi connectivity index (χ1n) is 7.14. The number of carboxylic acids is 1. The Morgan fingerprint density at radius 1 is 1.22 bits per heavy atom. The number of anilines is 1. The van der Waals surface area contributed by atoms with Crippen LogP contribution in [0.3, 0.4) is 0 Å². The van der Waals surface area contributed by atoms with E-state index in [0.29, 0.717) is 5.69 Å². The number of amides is 4. The summed E-state index contributed by atoms with van der Waals surface area (Å²) < 4.78 is 0. The predicted molar refractivity (Wildman–Crippen MR) is 80.8 cm³/mol. The normalized spacial score (nSPS) is 13.8. The Bertz CT molecular complexity index is 601. The zero-order valence-electron chi connectivity index (χ0n) is 12.4. The van der Waals surface area contributed by atoms with Gasteiger partial charge in [-0.25, -0.2) is 4.79 Å². The molecule has 0 atom stereocenters. The second-order valence-corrected chi connectivity index (χ2v) is 5.02. The van der Waals surface area contributed by atoms with E-state index in [9.17, 15) is 19.2 Å². The van der Waals surface area contributed by atoms with Crippen LogP contribution in [0.25, 0.3) is 0 Å². The number of nitrogens with one attached hydrogen (secondary N) is 1. The summed E-state index contributed by atoms with van der Waals surface area (Å²) in [6.45, 7) is -0.333. The molecular formula is C15H17N3O5. The summed E-state index contributed by atoms with van der Waals surface area (Å²) in [5, 5.41) is 11.4. The average Bonchev–Trinajstić information content (AvgIpc) is 2.85. The van der Waals surface area contributed by atoms with Crippen LogP contribution in [-0.2, 0) is 14.4 Å². The van der Waals surface area contributed by atoms with Crippen LogP contribution in [0.15, 0.2) is 30.3 Å². The molecule has 0 spiro atoms. The maximum Gasteiger partial charge on any atom is 0.324 e. The fraction of sp³-hybridized carbons (Fsp3) is 0.333. The number of para-hydroxylation sites is 1. The number of urea groups is 1. The topological polar surface area (TPSA) is 107 Å². The minimum atomic E-state index is -1.11. The lowest BCUT2D eigenvalue weighted by Gasteiger charge is -2.21. The molecule has 0 unspecified atom stereocenters. The Kier molecular flexibility index (Phi) is 5.29. The molecule has 1 saturated heterocycles. The smallest absolute Gasteiger partial charge is 0.324 e. The number of carbonyl (C=O) groups excluding carboxylic acids is 3. The molecule has 1 aliphatic heterocycles. The molecule has 0 aromatic heterocycles. The standard InChI is InChI=1S/C15H17N3O5/c19-12(7-4-8-17-13(20)9-16-15(17)23)18(10-14(21)22)11-5-2-1-3-6-11/h1-3,5-6H,4,7-10H2,(H,16,23)(H,21,22). The molecule has 1 aromatic rings. The number of carbonyl (C=O) groups is 4. The lowest BCUT2D eigenvalue weighted by molar-refractivity contribution is -0.136. The summed E-state index contributed by atoms with van der Waals surface area (Å²) in [6, 6.07) is 8.03. The van der Waals surface area contributed by atoms with E-state index in [1.54, 1.807) is 30.3 Å². The van der Waals surface area contributed by atoms with E-state index < -0.39 is 18.5 Å². The minimum Gasteiger partial charge on any atom is -0.480 e. The third kappa shape index (κ3) is 4.29. The number of benzene rings is 1. The minimum absolute atomic E-state index is 0.0259. The first-order valence-corrected chi connectivity index (χ1v) is 7.14. The van der Waals surface area contributed by atoms with Gasteiger partial charge in [0.15, 0.2) is 0 Å². The summed E-state index contributed by atoms with van der Waals surface area (Å²) in [5.41, 5.74) is 0.495. The van der Waals surface area contributed by atoms with Gasteiger partial charge in [-0.2, -0.15) is 0 Å². The highest BCUT2D eigenvalue weighted by molar-refractivity contribution is 6.02. The van der Waals surface area contributed by atoms with Crippen molar-refractivity contribution in [2.45, 2.75) is 12.8 Å². The van der Waals surface area contributed by atoms with E-state index >= 15 is 0 Å². The zero-order valence-corrected chi connectivity index (χ0v) is 12.4. The molecule has 1 aliphatic rings. The Labute approximate surface area is 132 Å². The first kappa shape index (κ1) is 16.5. The van der Waals surface area contributed by atoms with Gasteiger partial charge in [-0.05, 0) is 18.6 Å². The molecule has 1 fully saturated rings. The third-order valence-electron chi connectivity index (χ3n) is 3.37. The summed E-state index contributed by atoms with van der Waals surface area (Å²) >= 11 is 0. The lowest BCUT2D eigenvalue weighted by Crippen LogP contribution is -2.37. The SMILES string of the molecule is O=C(O)CN(C(=O)CCCN1C(=O)CNC1=O)c1ccccc1. The number of carboxylic acid groups (broad SMARTS) is 1. The lowest BCUT2D eigenvalue weighted by atomic mass is 10.2. The number of imide groups is 1. The van der Waals surface area contributed by atoms with Gasteiger partial charge in [0.2, 0.25) is 11.8 Å². The van der Waals surface area contributed by atoms with E-state index in [2.05, 4.69) is 5.32 Å². The van der Waals surface area contributed by atoms with Gasteiger partial charge in [-0.1, -0.05) is 18.2 Å². The molecule has 8 heteroatoms. The van der Waals surface area contributed by atoms with Crippen LogP contribution in [0.5, 0.6) is 0 Å². The summed E-state index contributed by atoms with van der Waals surface area (Å²) in [6.07, 6.45) is 0.320. The molecule has 4 amide bonds. The molecule has 1 aromatic carbocycles. The number of nitrogens with zero attached hydrogens (tertiary/aromatic N) is 2. The monoisotopic (exact) mass is 319 g/mol. The molecule has 0 saturated carbocycles. The fourth-order valence-corrected chi connectivity index (χ4v) is 2.27. The number of rotatable bonds is 7. The van der Waals surface area contributed by atoms with Crippen LogP contribution < -0.4 is 10.2 Å². The largest absolute Gasteiger partial charge is 0.480 e. The Morgan fingerprint density at radius 2 is 1.91 bits per heavy atom. The molecule has 122 valence electrons. The van der Waals surface area contributed by atoms with Crippen molar-refractivity contribution in [3.05, 3.63) is 30.3 Å². The van der Waals surface area contributed by atoms with Gasteiger partial charge in [-0.15, -0.1) is 0 Å². The zero-order chi connectivity index (χ0) is 16.8. The van der Waals surface area contributed by atoms with E-state index in [0.717, 1.165) is 4.90 Å². The Balaban J connectivity index is 1.94. The van der Waals surface area contributed by atoms with Crippen LogP contribution in [0.1, 0.15) is 12.8 Å². The maximum absolute atomic E-state index is 12.3. The molecule has 2 N–H and O–H groups in total.